The number of nitrogens with zero attached hydrogens (tertiary/aromatic N) is 3. The second-order valence-electron chi connectivity index (χ2n) is 8.53. The van der Waals surface area contributed by atoms with Crippen LogP contribution in [0.25, 0.3) is 0 Å². The minimum absolute atomic E-state index is 0. The highest BCUT2D eigenvalue weighted by atomic mass is 127. The van der Waals surface area contributed by atoms with Crippen LogP contribution >= 0.6 is 24.0 Å². The van der Waals surface area contributed by atoms with E-state index in [1.165, 1.54) is 16.7 Å². The van der Waals surface area contributed by atoms with Gasteiger partial charge in [-0.2, -0.15) is 0 Å². The third-order valence-electron chi connectivity index (χ3n) is 5.96. The van der Waals surface area contributed by atoms with Crippen molar-refractivity contribution in [2.45, 2.75) is 32.5 Å². The molecular formula is C26H40IN5O. The lowest BCUT2D eigenvalue weighted by molar-refractivity contribution is 0.0646. The van der Waals surface area contributed by atoms with Crippen molar-refractivity contribution >= 4 is 29.9 Å². The van der Waals surface area contributed by atoms with Crippen LogP contribution in [0, 0.1) is 0 Å². The molecule has 6 nitrogen and oxygen atoms in total. The van der Waals surface area contributed by atoms with Crippen molar-refractivity contribution in [3.63, 3.8) is 0 Å². The Morgan fingerprint density at radius 2 is 1.64 bits per heavy atom. The minimum atomic E-state index is 0. The third kappa shape index (κ3) is 10.00. The van der Waals surface area contributed by atoms with Gasteiger partial charge in [-0.05, 0) is 37.1 Å². The molecule has 7 heteroatoms. The molecule has 2 aromatic rings. The highest BCUT2D eigenvalue weighted by Crippen LogP contribution is 2.15. The lowest BCUT2D eigenvalue weighted by atomic mass is 10.1. The monoisotopic (exact) mass is 565 g/mol. The molecule has 0 aliphatic carbocycles. The SMILES string of the molecule is CN=C(NCCCOC(C)c1ccccc1)NCc1ccc(CN2CCN(C)CC2)cc1.I. The van der Waals surface area contributed by atoms with E-state index >= 15 is 0 Å². The van der Waals surface area contributed by atoms with E-state index < -0.39 is 0 Å². The van der Waals surface area contributed by atoms with Gasteiger partial charge in [0, 0.05) is 59.5 Å². The molecule has 0 spiro atoms. The van der Waals surface area contributed by atoms with E-state index in [1.807, 2.05) is 25.2 Å². The molecule has 1 unspecified atom stereocenters. The Hall–Kier alpha value is -1.68. The van der Waals surface area contributed by atoms with Gasteiger partial charge in [0.1, 0.15) is 0 Å². The van der Waals surface area contributed by atoms with Crippen LogP contribution in [-0.4, -0.2) is 69.2 Å². The molecule has 0 amide bonds. The smallest absolute Gasteiger partial charge is 0.191 e. The fourth-order valence-electron chi connectivity index (χ4n) is 3.79. The molecule has 1 fully saturated rings. The van der Waals surface area contributed by atoms with Gasteiger partial charge in [-0.1, -0.05) is 54.6 Å². The van der Waals surface area contributed by atoms with Crippen molar-refractivity contribution in [1.29, 1.82) is 0 Å². The number of hydrogen-bond donors (Lipinski definition) is 2. The first-order valence-corrected chi connectivity index (χ1v) is 11.7. The van der Waals surface area contributed by atoms with E-state index in [2.05, 4.69) is 75.8 Å². The predicted octanol–water partition coefficient (Wildman–Crippen LogP) is 3.88. The third-order valence-corrected chi connectivity index (χ3v) is 5.96. The summed E-state index contributed by atoms with van der Waals surface area (Å²) in [5.74, 6) is 0.822. The first-order valence-electron chi connectivity index (χ1n) is 11.7. The molecule has 0 bridgehead atoms. The second kappa shape index (κ2) is 15.3. The largest absolute Gasteiger partial charge is 0.374 e. The number of likely N-dealkylation sites (N-methyl/N-ethyl adjacent to an activating group) is 1. The molecular weight excluding hydrogens is 525 g/mol. The topological polar surface area (TPSA) is 52.1 Å². The van der Waals surface area contributed by atoms with Gasteiger partial charge >= 0.3 is 0 Å². The summed E-state index contributed by atoms with van der Waals surface area (Å²) in [5, 5.41) is 6.77. The van der Waals surface area contributed by atoms with E-state index in [4.69, 9.17) is 4.74 Å². The summed E-state index contributed by atoms with van der Waals surface area (Å²) >= 11 is 0. The Kier molecular flexibility index (Phi) is 12.8. The quantitative estimate of drug-likeness (QED) is 0.198. The van der Waals surface area contributed by atoms with E-state index in [1.54, 1.807) is 0 Å². The lowest BCUT2D eigenvalue weighted by Gasteiger charge is -2.32. The van der Waals surface area contributed by atoms with Gasteiger partial charge in [0.25, 0.3) is 0 Å². The Balaban J connectivity index is 0.00000385. The molecule has 0 aromatic heterocycles. The fourth-order valence-corrected chi connectivity index (χ4v) is 3.79. The Labute approximate surface area is 216 Å². The van der Waals surface area contributed by atoms with Gasteiger partial charge in [-0.3, -0.25) is 9.89 Å². The molecule has 2 N–H and O–H groups in total. The summed E-state index contributed by atoms with van der Waals surface area (Å²) in [7, 11) is 4.00. The number of benzene rings is 2. The van der Waals surface area contributed by atoms with Crippen molar-refractivity contribution in [2.24, 2.45) is 4.99 Å². The molecule has 1 heterocycles. The highest BCUT2D eigenvalue weighted by molar-refractivity contribution is 14.0. The highest BCUT2D eigenvalue weighted by Gasteiger charge is 2.13. The standard InChI is InChI=1S/C26H39N5O.HI/c1-22(25-8-5-4-6-9-25)32-19-7-14-28-26(27-2)29-20-23-10-12-24(13-11-23)21-31-17-15-30(3)16-18-31;/h4-6,8-13,22H,7,14-21H2,1-3H3,(H2,27,28,29);1H. The van der Waals surface area contributed by atoms with E-state index in [-0.39, 0.29) is 30.1 Å². The van der Waals surface area contributed by atoms with Crippen molar-refractivity contribution in [2.75, 3.05) is 53.4 Å². The maximum Gasteiger partial charge on any atom is 0.191 e. The van der Waals surface area contributed by atoms with Gasteiger partial charge in [0.2, 0.25) is 0 Å². The molecule has 1 aliphatic heterocycles. The zero-order valence-electron chi connectivity index (χ0n) is 20.3. The molecule has 1 saturated heterocycles. The van der Waals surface area contributed by atoms with Crippen LogP contribution in [-0.2, 0) is 17.8 Å². The summed E-state index contributed by atoms with van der Waals surface area (Å²) in [5.41, 5.74) is 3.85. The van der Waals surface area contributed by atoms with E-state index in [9.17, 15) is 0 Å². The van der Waals surface area contributed by atoms with Crippen molar-refractivity contribution in [3.05, 3.63) is 71.3 Å². The minimum Gasteiger partial charge on any atom is -0.374 e. The molecule has 33 heavy (non-hydrogen) atoms. The average molecular weight is 566 g/mol. The molecule has 1 aliphatic rings. The van der Waals surface area contributed by atoms with Crippen LogP contribution in [0.2, 0.25) is 0 Å². The molecule has 0 saturated carbocycles. The van der Waals surface area contributed by atoms with Crippen LogP contribution in [0.1, 0.15) is 36.1 Å². The summed E-state index contributed by atoms with van der Waals surface area (Å²) < 4.78 is 5.94. The maximum absolute atomic E-state index is 5.94. The van der Waals surface area contributed by atoms with E-state index in [0.29, 0.717) is 0 Å². The number of hydrogen-bond acceptors (Lipinski definition) is 4. The van der Waals surface area contributed by atoms with E-state index in [0.717, 1.165) is 64.8 Å². The summed E-state index contributed by atoms with van der Waals surface area (Å²) in [6.45, 7) is 10.1. The van der Waals surface area contributed by atoms with Crippen LogP contribution in [0.5, 0.6) is 0 Å². The van der Waals surface area contributed by atoms with Gasteiger partial charge in [-0.25, -0.2) is 0 Å². The van der Waals surface area contributed by atoms with Gasteiger partial charge in [0.15, 0.2) is 5.96 Å². The number of ether oxygens (including phenoxy) is 1. The zero-order chi connectivity index (χ0) is 22.6. The fraction of sp³-hybridized carbons (Fsp3) is 0.500. The Bertz CT molecular complexity index is 807. The summed E-state index contributed by atoms with van der Waals surface area (Å²) in [6.07, 6.45) is 1.05. The summed E-state index contributed by atoms with van der Waals surface area (Å²) in [4.78, 5) is 9.25. The zero-order valence-corrected chi connectivity index (χ0v) is 22.6. The van der Waals surface area contributed by atoms with Crippen LogP contribution in [0.3, 0.4) is 0 Å². The number of nitrogens with one attached hydrogen (secondary N) is 2. The Morgan fingerprint density at radius 3 is 2.30 bits per heavy atom. The number of halogens is 1. The summed E-state index contributed by atoms with van der Waals surface area (Å²) in [6, 6.07) is 19.3. The number of rotatable bonds is 10. The molecule has 0 radical (unpaired) electrons. The first-order chi connectivity index (χ1) is 15.6. The van der Waals surface area contributed by atoms with Crippen molar-refractivity contribution in [1.82, 2.24) is 20.4 Å². The van der Waals surface area contributed by atoms with Crippen LogP contribution < -0.4 is 10.6 Å². The lowest BCUT2D eigenvalue weighted by Crippen LogP contribution is -2.43. The Morgan fingerprint density at radius 1 is 0.970 bits per heavy atom. The van der Waals surface area contributed by atoms with Gasteiger partial charge < -0.3 is 20.3 Å². The first kappa shape index (κ1) is 27.6. The van der Waals surface area contributed by atoms with Gasteiger partial charge in [-0.15, -0.1) is 24.0 Å². The van der Waals surface area contributed by atoms with Gasteiger partial charge in [0.05, 0.1) is 6.10 Å². The molecule has 2 aromatic carbocycles. The van der Waals surface area contributed by atoms with Crippen LogP contribution in [0.15, 0.2) is 59.6 Å². The number of piperazine rings is 1. The molecule has 182 valence electrons. The number of guanidine groups is 1. The maximum atomic E-state index is 5.94. The normalized spacial score (nSPS) is 16.2. The predicted molar refractivity (Wildman–Crippen MR) is 148 cm³/mol. The average Bonchev–Trinajstić information content (AvgIpc) is 2.83. The van der Waals surface area contributed by atoms with Crippen LogP contribution in [0.4, 0.5) is 0 Å². The number of aliphatic imine (C=N–C) groups is 1. The molecule has 1 atom stereocenters. The second-order valence-corrected chi connectivity index (χ2v) is 8.53. The van der Waals surface area contributed by atoms with Crippen molar-refractivity contribution < 1.29 is 4.74 Å². The molecule has 3 rings (SSSR count). The van der Waals surface area contributed by atoms with Crippen molar-refractivity contribution in [3.8, 4) is 0 Å².